The number of methoxy groups -OCH3 is 1. The Morgan fingerprint density at radius 3 is 2.80 bits per heavy atom. The average molecular weight is 314 g/mol. The van der Waals surface area contributed by atoms with Gasteiger partial charge in [0.15, 0.2) is 16.7 Å². The van der Waals surface area contributed by atoms with Gasteiger partial charge in [0, 0.05) is 12.5 Å². The number of hydrogen-bond acceptors (Lipinski definition) is 5. The lowest BCUT2D eigenvalue weighted by Crippen LogP contribution is -2.13. The van der Waals surface area contributed by atoms with Gasteiger partial charge in [0.2, 0.25) is 0 Å². The first-order valence-electron chi connectivity index (χ1n) is 5.82. The highest BCUT2D eigenvalue weighted by Crippen LogP contribution is 2.32. The molecular formula is C13H12ClNO4S. The molecule has 0 spiro atoms. The number of nitrogens with zero attached hydrogens (tertiary/aromatic N) is 1. The van der Waals surface area contributed by atoms with E-state index in [0.29, 0.717) is 16.1 Å². The van der Waals surface area contributed by atoms with Crippen molar-refractivity contribution in [3.63, 3.8) is 0 Å². The highest BCUT2D eigenvalue weighted by Gasteiger charge is 2.19. The van der Waals surface area contributed by atoms with Crippen molar-refractivity contribution >= 4 is 44.9 Å². The first-order valence-corrected chi connectivity index (χ1v) is 7.02. The van der Waals surface area contributed by atoms with E-state index in [-0.39, 0.29) is 17.4 Å². The predicted octanol–water partition coefficient (Wildman–Crippen LogP) is 3.25. The third-order valence-electron chi connectivity index (χ3n) is 2.83. The van der Waals surface area contributed by atoms with E-state index >= 15 is 0 Å². The van der Waals surface area contributed by atoms with Crippen LogP contribution in [0.1, 0.15) is 23.0 Å². The molecule has 0 aliphatic carbocycles. The standard InChI is InChI=1S/C13H12ClNO4S/c1-6(13(17)18)3-8(16)11-4-7-10(20-11)5-9(19-2)12(14)15-7/h4-6H,3H2,1-2H3,(H,17,18)/t6-/m0/s1. The second-order valence-electron chi connectivity index (χ2n) is 4.34. The van der Waals surface area contributed by atoms with E-state index in [1.807, 2.05) is 0 Å². The Morgan fingerprint density at radius 2 is 2.20 bits per heavy atom. The fourth-order valence-corrected chi connectivity index (χ4v) is 2.87. The van der Waals surface area contributed by atoms with Gasteiger partial charge in [-0.1, -0.05) is 18.5 Å². The molecule has 2 heterocycles. The molecule has 0 unspecified atom stereocenters. The number of ether oxygens (including phenoxy) is 1. The van der Waals surface area contributed by atoms with E-state index in [1.165, 1.54) is 25.4 Å². The van der Waals surface area contributed by atoms with Crippen LogP contribution in [-0.2, 0) is 4.79 Å². The Bertz CT molecular complexity index is 682. The van der Waals surface area contributed by atoms with Gasteiger partial charge in [-0.05, 0) is 6.07 Å². The maximum atomic E-state index is 12.0. The molecule has 7 heteroatoms. The molecule has 0 aliphatic rings. The molecule has 0 saturated heterocycles. The third-order valence-corrected chi connectivity index (χ3v) is 4.22. The van der Waals surface area contributed by atoms with Crippen LogP contribution < -0.4 is 4.74 Å². The van der Waals surface area contributed by atoms with Crippen molar-refractivity contribution in [2.45, 2.75) is 13.3 Å². The van der Waals surface area contributed by atoms with E-state index in [1.54, 1.807) is 12.1 Å². The van der Waals surface area contributed by atoms with Crippen LogP contribution in [0.3, 0.4) is 0 Å². The summed E-state index contributed by atoms with van der Waals surface area (Å²) in [4.78, 5) is 27.4. The van der Waals surface area contributed by atoms with Gasteiger partial charge in [-0.3, -0.25) is 9.59 Å². The lowest BCUT2D eigenvalue weighted by atomic mass is 10.0. The van der Waals surface area contributed by atoms with Crippen molar-refractivity contribution in [1.82, 2.24) is 4.98 Å². The SMILES string of the molecule is COc1cc2sc(C(=O)C[C@H](C)C(=O)O)cc2nc1Cl. The van der Waals surface area contributed by atoms with E-state index in [4.69, 9.17) is 21.4 Å². The molecule has 2 aromatic heterocycles. The molecular weight excluding hydrogens is 302 g/mol. The summed E-state index contributed by atoms with van der Waals surface area (Å²) in [6.45, 7) is 1.51. The summed E-state index contributed by atoms with van der Waals surface area (Å²) in [5.74, 6) is -1.46. The van der Waals surface area contributed by atoms with Crippen molar-refractivity contribution in [1.29, 1.82) is 0 Å². The smallest absolute Gasteiger partial charge is 0.306 e. The summed E-state index contributed by atoms with van der Waals surface area (Å²) in [6.07, 6.45) is -0.0347. The van der Waals surface area contributed by atoms with Crippen molar-refractivity contribution in [3.8, 4) is 5.75 Å². The Morgan fingerprint density at radius 1 is 1.50 bits per heavy atom. The largest absolute Gasteiger partial charge is 0.493 e. The monoisotopic (exact) mass is 313 g/mol. The maximum absolute atomic E-state index is 12.0. The van der Waals surface area contributed by atoms with E-state index in [2.05, 4.69) is 4.98 Å². The van der Waals surface area contributed by atoms with Gasteiger partial charge in [-0.2, -0.15) is 0 Å². The number of aliphatic carboxylic acids is 1. The molecule has 106 valence electrons. The van der Waals surface area contributed by atoms with Crippen LogP contribution >= 0.6 is 22.9 Å². The number of aromatic nitrogens is 1. The molecule has 2 rings (SSSR count). The lowest BCUT2D eigenvalue weighted by Gasteiger charge is -2.02. The number of thiophene rings is 1. The number of carbonyl (C=O) groups excluding carboxylic acids is 1. The summed E-state index contributed by atoms with van der Waals surface area (Å²) >= 11 is 7.18. The Hall–Kier alpha value is -1.66. The minimum absolute atomic E-state index is 0.0347. The van der Waals surface area contributed by atoms with Crippen molar-refractivity contribution in [2.75, 3.05) is 7.11 Å². The molecule has 2 aromatic rings. The van der Waals surface area contributed by atoms with Crippen molar-refractivity contribution in [2.24, 2.45) is 5.92 Å². The normalized spacial score (nSPS) is 12.3. The second-order valence-corrected chi connectivity index (χ2v) is 5.78. The van der Waals surface area contributed by atoms with E-state index < -0.39 is 11.9 Å². The molecule has 0 aromatic carbocycles. The fraction of sp³-hybridized carbons (Fsp3) is 0.308. The van der Waals surface area contributed by atoms with Gasteiger partial charge in [-0.15, -0.1) is 11.3 Å². The molecule has 20 heavy (non-hydrogen) atoms. The summed E-state index contributed by atoms with van der Waals surface area (Å²) < 4.78 is 5.84. The van der Waals surface area contributed by atoms with E-state index in [9.17, 15) is 9.59 Å². The Labute approximate surface area is 124 Å². The summed E-state index contributed by atoms with van der Waals surface area (Å²) in [5, 5.41) is 9.06. The van der Waals surface area contributed by atoms with Crippen LogP contribution in [0.25, 0.3) is 10.2 Å². The van der Waals surface area contributed by atoms with Gasteiger partial charge in [-0.25, -0.2) is 4.98 Å². The molecule has 0 saturated carbocycles. The van der Waals surface area contributed by atoms with Crippen LogP contribution in [-0.4, -0.2) is 29.0 Å². The first kappa shape index (κ1) is 14.7. The number of halogens is 1. The minimum Gasteiger partial charge on any atom is -0.493 e. The molecule has 1 atom stereocenters. The number of Topliss-reactive ketones (excluding diaryl/α,β-unsaturated/α-hetero) is 1. The number of hydrogen-bond donors (Lipinski definition) is 1. The zero-order valence-corrected chi connectivity index (χ0v) is 12.4. The molecule has 0 amide bonds. The zero-order valence-electron chi connectivity index (χ0n) is 10.8. The van der Waals surface area contributed by atoms with Crippen LogP contribution in [0.4, 0.5) is 0 Å². The quantitative estimate of drug-likeness (QED) is 0.677. The van der Waals surface area contributed by atoms with Crippen LogP contribution in [0.5, 0.6) is 5.75 Å². The zero-order chi connectivity index (χ0) is 14.9. The molecule has 1 N–H and O–H groups in total. The van der Waals surface area contributed by atoms with Crippen LogP contribution in [0.2, 0.25) is 5.15 Å². The van der Waals surface area contributed by atoms with Gasteiger partial charge >= 0.3 is 5.97 Å². The van der Waals surface area contributed by atoms with E-state index in [0.717, 1.165) is 4.70 Å². The van der Waals surface area contributed by atoms with Crippen molar-refractivity contribution < 1.29 is 19.4 Å². The number of ketones is 1. The molecule has 5 nitrogen and oxygen atoms in total. The third kappa shape index (κ3) is 2.91. The lowest BCUT2D eigenvalue weighted by molar-refractivity contribution is -0.141. The number of carboxylic acids is 1. The van der Waals surface area contributed by atoms with Crippen molar-refractivity contribution in [3.05, 3.63) is 22.2 Å². The van der Waals surface area contributed by atoms with Gasteiger partial charge in [0.25, 0.3) is 0 Å². The highest BCUT2D eigenvalue weighted by atomic mass is 35.5. The van der Waals surface area contributed by atoms with Crippen LogP contribution in [0.15, 0.2) is 12.1 Å². The first-order chi connectivity index (χ1) is 9.42. The van der Waals surface area contributed by atoms with Gasteiger partial charge < -0.3 is 9.84 Å². The summed E-state index contributed by atoms with van der Waals surface area (Å²) in [5.41, 5.74) is 0.604. The highest BCUT2D eigenvalue weighted by molar-refractivity contribution is 7.20. The minimum atomic E-state index is -0.984. The Balaban J connectivity index is 2.32. The summed E-state index contributed by atoms with van der Waals surface area (Å²) in [6, 6.07) is 3.34. The predicted molar refractivity (Wildman–Crippen MR) is 76.9 cm³/mol. The van der Waals surface area contributed by atoms with Crippen LogP contribution in [0, 0.1) is 5.92 Å². The molecule has 0 fully saturated rings. The topological polar surface area (TPSA) is 76.5 Å². The molecule has 0 aliphatic heterocycles. The number of pyridine rings is 1. The fourth-order valence-electron chi connectivity index (χ4n) is 1.67. The number of rotatable bonds is 5. The number of fused-ring (bicyclic) bond motifs is 1. The number of carboxylic acid groups (broad SMARTS) is 1. The number of carbonyl (C=O) groups is 2. The van der Waals surface area contributed by atoms with Gasteiger partial charge in [0.05, 0.1) is 28.1 Å². The second kappa shape index (κ2) is 5.76. The molecule has 0 bridgehead atoms. The average Bonchev–Trinajstić information content (AvgIpc) is 2.80. The summed E-state index contributed by atoms with van der Waals surface area (Å²) in [7, 11) is 1.49. The molecule has 0 radical (unpaired) electrons. The van der Waals surface area contributed by atoms with Gasteiger partial charge in [0.1, 0.15) is 0 Å². The Kier molecular flexibility index (Phi) is 4.25. The maximum Gasteiger partial charge on any atom is 0.306 e.